The Bertz CT molecular complexity index is 836. The number of carbonyl (C=O) groups excluding carboxylic acids is 3. The Hall–Kier alpha value is -3.55. The Morgan fingerprint density at radius 2 is 1.61 bits per heavy atom. The highest BCUT2D eigenvalue weighted by Gasteiger charge is 2.17. The van der Waals surface area contributed by atoms with E-state index in [1.54, 1.807) is 62.4 Å². The number of nitrogens with one attached hydrogen (secondary N) is 3. The highest BCUT2D eigenvalue weighted by Crippen LogP contribution is 2.26. The normalized spacial score (nSPS) is 11.1. The predicted octanol–water partition coefficient (Wildman–Crippen LogP) is 2.27. The van der Waals surface area contributed by atoms with Crippen LogP contribution in [0.3, 0.4) is 0 Å². The summed E-state index contributed by atoms with van der Waals surface area (Å²) in [7, 11) is 1.51. The van der Waals surface area contributed by atoms with Crippen LogP contribution in [0.1, 0.15) is 30.6 Å². The highest BCUT2D eigenvalue weighted by molar-refractivity contribution is 5.97. The molecule has 28 heavy (non-hydrogen) atoms. The molecule has 2 aromatic carbocycles. The number of hydrogen-bond acceptors (Lipinski definition) is 5. The molecule has 2 rings (SSSR count). The van der Waals surface area contributed by atoms with E-state index >= 15 is 0 Å². The van der Waals surface area contributed by atoms with Crippen LogP contribution in [0.25, 0.3) is 0 Å². The Balaban J connectivity index is 1.87. The van der Waals surface area contributed by atoms with Gasteiger partial charge in [0.2, 0.25) is 5.91 Å². The molecule has 0 saturated heterocycles. The van der Waals surface area contributed by atoms with E-state index in [1.807, 2.05) is 0 Å². The molecule has 1 unspecified atom stereocenters. The van der Waals surface area contributed by atoms with Crippen molar-refractivity contribution in [2.75, 3.05) is 12.4 Å². The van der Waals surface area contributed by atoms with Gasteiger partial charge in [-0.05, 0) is 43.3 Å². The first kappa shape index (κ1) is 20.8. The number of rotatable bonds is 7. The van der Waals surface area contributed by atoms with Gasteiger partial charge in [-0.15, -0.1) is 0 Å². The Kier molecular flexibility index (Phi) is 7.38. The van der Waals surface area contributed by atoms with Gasteiger partial charge < -0.3 is 14.8 Å². The molecule has 0 heterocycles. The SMILES string of the molecule is CCC(=O)Nc1ccc(C(=O)NNC(=O)C(C)Oc2ccccc2OC)cc1. The molecule has 1 atom stereocenters. The summed E-state index contributed by atoms with van der Waals surface area (Å²) in [5, 5.41) is 2.69. The molecule has 0 saturated carbocycles. The number of amides is 3. The summed E-state index contributed by atoms with van der Waals surface area (Å²) in [5.41, 5.74) is 5.56. The first-order chi connectivity index (χ1) is 13.4. The van der Waals surface area contributed by atoms with Crippen LogP contribution in [0, 0.1) is 0 Å². The fraction of sp³-hybridized carbons (Fsp3) is 0.250. The van der Waals surface area contributed by atoms with Gasteiger partial charge in [0.1, 0.15) is 0 Å². The van der Waals surface area contributed by atoms with E-state index in [0.29, 0.717) is 29.2 Å². The van der Waals surface area contributed by atoms with E-state index in [1.165, 1.54) is 7.11 Å². The molecule has 0 aromatic heterocycles. The van der Waals surface area contributed by atoms with Crippen LogP contribution >= 0.6 is 0 Å². The first-order valence-electron chi connectivity index (χ1n) is 8.74. The van der Waals surface area contributed by atoms with Gasteiger partial charge in [-0.3, -0.25) is 25.2 Å². The summed E-state index contributed by atoms with van der Waals surface area (Å²) < 4.78 is 10.7. The van der Waals surface area contributed by atoms with Crippen molar-refractivity contribution < 1.29 is 23.9 Å². The standard InChI is InChI=1S/C20H23N3O5/c1-4-18(24)21-15-11-9-14(10-12-15)20(26)23-22-19(25)13(2)28-17-8-6-5-7-16(17)27-3/h5-13H,4H2,1-3H3,(H,21,24)(H,22,25)(H,23,26). The molecule has 0 spiro atoms. The molecule has 8 heteroatoms. The zero-order chi connectivity index (χ0) is 20.5. The minimum absolute atomic E-state index is 0.117. The molecule has 0 bridgehead atoms. The molecule has 0 fully saturated rings. The van der Waals surface area contributed by atoms with E-state index in [4.69, 9.17) is 9.47 Å². The monoisotopic (exact) mass is 385 g/mol. The summed E-state index contributed by atoms with van der Waals surface area (Å²) in [5.74, 6) is -0.212. The van der Waals surface area contributed by atoms with E-state index in [0.717, 1.165) is 0 Å². The Labute approximate surface area is 163 Å². The van der Waals surface area contributed by atoms with E-state index in [-0.39, 0.29) is 5.91 Å². The van der Waals surface area contributed by atoms with Gasteiger partial charge in [-0.2, -0.15) is 0 Å². The van der Waals surface area contributed by atoms with Crippen molar-refractivity contribution in [2.45, 2.75) is 26.4 Å². The average Bonchev–Trinajstić information content (AvgIpc) is 2.72. The number of benzene rings is 2. The number of ether oxygens (including phenoxy) is 2. The largest absolute Gasteiger partial charge is 0.493 e. The molecule has 3 N–H and O–H groups in total. The zero-order valence-electron chi connectivity index (χ0n) is 15.9. The molecular formula is C20H23N3O5. The van der Waals surface area contributed by atoms with Gasteiger partial charge in [0, 0.05) is 17.7 Å². The van der Waals surface area contributed by atoms with Crippen LogP contribution in [0.4, 0.5) is 5.69 Å². The van der Waals surface area contributed by atoms with Crippen molar-refractivity contribution in [2.24, 2.45) is 0 Å². The molecule has 0 radical (unpaired) electrons. The van der Waals surface area contributed by atoms with Gasteiger partial charge in [-0.1, -0.05) is 19.1 Å². The van der Waals surface area contributed by atoms with Gasteiger partial charge in [0.05, 0.1) is 7.11 Å². The minimum Gasteiger partial charge on any atom is -0.493 e. The van der Waals surface area contributed by atoms with Crippen LogP contribution in [0.15, 0.2) is 48.5 Å². The molecule has 0 aliphatic carbocycles. The number of carbonyl (C=O) groups is 3. The van der Waals surface area contributed by atoms with Crippen LogP contribution in [-0.2, 0) is 9.59 Å². The summed E-state index contributed by atoms with van der Waals surface area (Å²) in [4.78, 5) is 35.7. The van der Waals surface area contributed by atoms with Crippen LogP contribution in [-0.4, -0.2) is 30.9 Å². The fourth-order valence-electron chi connectivity index (χ4n) is 2.21. The maximum absolute atomic E-state index is 12.2. The smallest absolute Gasteiger partial charge is 0.279 e. The quantitative estimate of drug-likeness (QED) is 0.634. The third-order valence-electron chi connectivity index (χ3n) is 3.79. The lowest BCUT2D eigenvalue weighted by Crippen LogP contribution is -2.47. The molecule has 3 amide bonds. The second-order valence-electron chi connectivity index (χ2n) is 5.83. The lowest BCUT2D eigenvalue weighted by molar-refractivity contribution is -0.128. The topological polar surface area (TPSA) is 106 Å². The highest BCUT2D eigenvalue weighted by atomic mass is 16.5. The zero-order valence-corrected chi connectivity index (χ0v) is 15.9. The number of hydrazine groups is 1. The third kappa shape index (κ3) is 5.73. The number of methoxy groups -OCH3 is 1. The van der Waals surface area contributed by atoms with Crippen molar-refractivity contribution in [3.63, 3.8) is 0 Å². The van der Waals surface area contributed by atoms with E-state index in [2.05, 4.69) is 16.2 Å². The van der Waals surface area contributed by atoms with Gasteiger partial charge in [0.25, 0.3) is 11.8 Å². The number of para-hydroxylation sites is 2. The van der Waals surface area contributed by atoms with Crippen molar-refractivity contribution >= 4 is 23.4 Å². The minimum atomic E-state index is -0.858. The van der Waals surface area contributed by atoms with E-state index in [9.17, 15) is 14.4 Å². The lowest BCUT2D eigenvalue weighted by atomic mass is 10.2. The molecule has 0 aliphatic heterocycles. The molecule has 0 aliphatic rings. The van der Waals surface area contributed by atoms with Gasteiger partial charge in [0.15, 0.2) is 17.6 Å². The van der Waals surface area contributed by atoms with Gasteiger partial charge in [-0.25, -0.2) is 0 Å². The maximum atomic E-state index is 12.2. The average molecular weight is 385 g/mol. The summed E-state index contributed by atoms with van der Waals surface area (Å²) in [6.07, 6.45) is -0.494. The molecule has 2 aromatic rings. The fourth-order valence-corrected chi connectivity index (χ4v) is 2.21. The second kappa shape index (κ2) is 9.96. The van der Waals surface area contributed by atoms with Crippen LogP contribution in [0.2, 0.25) is 0 Å². The van der Waals surface area contributed by atoms with Crippen LogP contribution in [0.5, 0.6) is 11.5 Å². The number of hydrogen-bond donors (Lipinski definition) is 3. The second-order valence-corrected chi connectivity index (χ2v) is 5.83. The third-order valence-corrected chi connectivity index (χ3v) is 3.79. The summed E-state index contributed by atoms with van der Waals surface area (Å²) in [6.45, 7) is 3.30. The van der Waals surface area contributed by atoms with Crippen molar-refractivity contribution in [1.82, 2.24) is 10.9 Å². The molecular weight excluding hydrogens is 362 g/mol. The predicted molar refractivity (Wildman–Crippen MR) is 104 cm³/mol. The Morgan fingerprint density at radius 1 is 0.964 bits per heavy atom. The van der Waals surface area contributed by atoms with E-state index < -0.39 is 17.9 Å². The summed E-state index contributed by atoms with van der Waals surface area (Å²) >= 11 is 0. The van der Waals surface area contributed by atoms with Crippen LogP contribution < -0.4 is 25.6 Å². The van der Waals surface area contributed by atoms with Crippen molar-refractivity contribution in [3.8, 4) is 11.5 Å². The Morgan fingerprint density at radius 3 is 2.21 bits per heavy atom. The van der Waals surface area contributed by atoms with Crippen molar-refractivity contribution in [3.05, 3.63) is 54.1 Å². The summed E-state index contributed by atoms with van der Waals surface area (Å²) in [6, 6.07) is 13.2. The lowest BCUT2D eigenvalue weighted by Gasteiger charge is -2.16. The number of anilines is 1. The first-order valence-corrected chi connectivity index (χ1v) is 8.74. The van der Waals surface area contributed by atoms with Crippen molar-refractivity contribution in [1.29, 1.82) is 0 Å². The molecule has 148 valence electrons. The van der Waals surface area contributed by atoms with Gasteiger partial charge >= 0.3 is 0 Å². The maximum Gasteiger partial charge on any atom is 0.279 e. The molecule has 8 nitrogen and oxygen atoms in total.